The summed E-state index contributed by atoms with van der Waals surface area (Å²) in [6.07, 6.45) is 0.878. The van der Waals surface area contributed by atoms with Crippen molar-refractivity contribution in [2.24, 2.45) is 5.92 Å². The van der Waals surface area contributed by atoms with Gasteiger partial charge in [-0.25, -0.2) is 0 Å². The van der Waals surface area contributed by atoms with Crippen molar-refractivity contribution in [3.63, 3.8) is 0 Å². The fourth-order valence-electron chi connectivity index (χ4n) is 2.81. The van der Waals surface area contributed by atoms with Gasteiger partial charge in [-0.2, -0.15) is 4.68 Å². The molecule has 3 rings (SSSR count). The lowest BCUT2D eigenvalue weighted by Gasteiger charge is -2.21. The van der Waals surface area contributed by atoms with Crippen molar-refractivity contribution in [2.45, 2.75) is 31.5 Å². The van der Waals surface area contributed by atoms with Gasteiger partial charge in [0.1, 0.15) is 0 Å². The normalized spacial score (nSPS) is 12.1. The average Bonchev–Trinajstić information content (AvgIpc) is 3.15. The van der Waals surface area contributed by atoms with Gasteiger partial charge in [-0.05, 0) is 52.6 Å². The number of hydrogen-bond donors (Lipinski definition) is 1. The summed E-state index contributed by atoms with van der Waals surface area (Å²) in [5.74, 6) is 0.649. The van der Waals surface area contributed by atoms with E-state index in [0.29, 0.717) is 16.1 Å². The number of nitrogens with zero attached hydrogens (tertiary/aromatic N) is 4. The molecule has 6 nitrogen and oxygen atoms in total. The summed E-state index contributed by atoms with van der Waals surface area (Å²) in [4.78, 5) is 12.6. The summed E-state index contributed by atoms with van der Waals surface area (Å²) in [6.45, 7) is 4.30. The topological polar surface area (TPSA) is 72.7 Å². The molecule has 146 valence electrons. The number of carbonyl (C=O) groups excluding carboxylic acids is 1. The van der Waals surface area contributed by atoms with Gasteiger partial charge in [0, 0.05) is 5.02 Å². The van der Waals surface area contributed by atoms with Gasteiger partial charge in [0.15, 0.2) is 0 Å². The Balaban J connectivity index is 1.64. The Morgan fingerprint density at radius 3 is 2.54 bits per heavy atom. The van der Waals surface area contributed by atoms with E-state index in [1.54, 1.807) is 16.8 Å². The number of carbonyl (C=O) groups is 1. The van der Waals surface area contributed by atoms with E-state index >= 15 is 0 Å². The highest BCUT2D eigenvalue weighted by molar-refractivity contribution is 7.99. The molecule has 28 heavy (non-hydrogen) atoms. The predicted octanol–water partition coefficient (Wildman–Crippen LogP) is 4.31. The molecule has 2 aromatic carbocycles. The molecule has 0 radical (unpaired) electrons. The fraction of sp³-hybridized carbons (Fsp3) is 0.300. The molecule has 1 heterocycles. The van der Waals surface area contributed by atoms with Gasteiger partial charge in [0.05, 0.1) is 17.5 Å². The Kier molecular flexibility index (Phi) is 7.06. The summed E-state index contributed by atoms with van der Waals surface area (Å²) < 4.78 is 1.59. The minimum Gasteiger partial charge on any atom is -0.349 e. The molecule has 0 fully saturated rings. The predicted molar refractivity (Wildman–Crippen MR) is 112 cm³/mol. The van der Waals surface area contributed by atoms with Crippen LogP contribution in [0, 0.1) is 5.92 Å². The van der Waals surface area contributed by atoms with Crippen molar-refractivity contribution in [1.82, 2.24) is 25.5 Å². The van der Waals surface area contributed by atoms with E-state index < -0.39 is 0 Å². The molecule has 3 aromatic rings. The second kappa shape index (κ2) is 9.71. The molecular formula is C20H22ClN5OS. The number of benzene rings is 2. The molecular weight excluding hydrogens is 394 g/mol. The summed E-state index contributed by atoms with van der Waals surface area (Å²) >= 11 is 7.23. The molecule has 8 heteroatoms. The van der Waals surface area contributed by atoms with Gasteiger partial charge in [-0.15, -0.1) is 5.10 Å². The molecule has 0 saturated carbocycles. The first-order valence-corrected chi connectivity index (χ1v) is 10.4. The van der Waals surface area contributed by atoms with Crippen LogP contribution >= 0.6 is 23.4 Å². The molecule has 1 atom stereocenters. The van der Waals surface area contributed by atoms with E-state index in [0.717, 1.165) is 17.7 Å². The van der Waals surface area contributed by atoms with E-state index in [1.807, 2.05) is 42.5 Å². The molecule has 0 saturated heterocycles. The van der Waals surface area contributed by atoms with Crippen LogP contribution in [0.15, 0.2) is 59.8 Å². The van der Waals surface area contributed by atoms with E-state index in [1.165, 1.54) is 11.8 Å². The number of rotatable bonds is 8. The average molecular weight is 416 g/mol. The van der Waals surface area contributed by atoms with Gasteiger partial charge in [0.25, 0.3) is 0 Å². The molecule has 0 aliphatic heterocycles. The maximum atomic E-state index is 12.6. The minimum absolute atomic E-state index is 0.0124. The van der Waals surface area contributed by atoms with E-state index in [4.69, 9.17) is 11.6 Å². The monoisotopic (exact) mass is 415 g/mol. The van der Waals surface area contributed by atoms with Crippen molar-refractivity contribution in [1.29, 1.82) is 0 Å². The first-order valence-electron chi connectivity index (χ1n) is 9.04. The Hall–Kier alpha value is -2.38. The zero-order valence-corrected chi connectivity index (χ0v) is 17.3. The van der Waals surface area contributed by atoms with Gasteiger partial charge >= 0.3 is 0 Å². The standard InChI is InChI=1S/C20H22ClN5OS/c1-14(2)12-18(15-6-4-3-5-7-15)22-19(27)13-28-20-23-24-25-26(20)17-10-8-16(21)9-11-17/h3-11,14,18H,12-13H2,1-2H3,(H,22,27)/t18-/m0/s1. The van der Waals surface area contributed by atoms with Crippen LogP contribution in [-0.4, -0.2) is 31.9 Å². The molecule has 1 aromatic heterocycles. The number of halogens is 1. The van der Waals surface area contributed by atoms with Crippen LogP contribution in [0.4, 0.5) is 0 Å². The quantitative estimate of drug-likeness (QED) is 0.555. The van der Waals surface area contributed by atoms with Crippen LogP contribution < -0.4 is 5.32 Å². The largest absolute Gasteiger partial charge is 0.349 e. The molecule has 1 N–H and O–H groups in total. The number of tetrazole rings is 1. The number of hydrogen-bond acceptors (Lipinski definition) is 5. The van der Waals surface area contributed by atoms with Crippen LogP contribution in [0.1, 0.15) is 31.9 Å². The summed E-state index contributed by atoms with van der Waals surface area (Å²) in [5, 5.41) is 16.1. The van der Waals surface area contributed by atoms with Crippen LogP contribution in [0.5, 0.6) is 0 Å². The van der Waals surface area contributed by atoms with Crippen LogP contribution in [0.2, 0.25) is 5.02 Å². The smallest absolute Gasteiger partial charge is 0.230 e. The highest BCUT2D eigenvalue weighted by Crippen LogP contribution is 2.23. The molecule has 0 bridgehead atoms. The third kappa shape index (κ3) is 5.56. The third-order valence-corrected chi connectivity index (χ3v) is 5.26. The lowest BCUT2D eigenvalue weighted by molar-refractivity contribution is -0.119. The summed E-state index contributed by atoms with van der Waals surface area (Å²) in [7, 11) is 0. The highest BCUT2D eigenvalue weighted by atomic mass is 35.5. The number of nitrogens with one attached hydrogen (secondary N) is 1. The first kappa shape index (κ1) is 20.4. The lowest BCUT2D eigenvalue weighted by Crippen LogP contribution is -2.31. The summed E-state index contributed by atoms with van der Waals surface area (Å²) in [6, 6.07) is 17.2. The van der Waals surface area contributed by atoms with Gasteiger partial charge in [-0.3, -0.25) is 4.79 Å². The zero-order chi connectivity index (χ0) is 19.9. The SMILES string of the molecule is CC(C)C[C@H](NC(=O)CSc1nnnn1-c1ccc(Cl)cc1)c1ccccc1. The Labute approximate surface area is 173 Å². The van der Waals surface area contributed by atoms with Crippen LogP contribution in [0.3, 0.4) is 0 Å². The lowest BCUT2D eigenvalue weighted by atomic mass is 9.97. The van der Waals surface area contributed by atoms with Crippen molar-refractivity contribution < 1.29 is 4.79 Å². The Morgan fingerprint density at radius 2 is 1.86 bits per heavy atom. The fourth-order valence-corrected chi connectivity index (χ4v) is 3.64. The van der Waals surface area contributed by atoms with E-state index in [2.05, 4.69) is 34.7 Å². The van der Waals surface area contributed by atoms with Gasteiger partial charge in [-0.1, -0.05) is 67.5 Å². The number of amides is 1. The Morgan fingerprint density at radius 1 is 1.14 bits per heavy atom. The molecule has 0 aliphatic carbocycles. The highest BCUT2D eigenvalue weighted by Gasteiger charge is 2.17. The van der Waals surface area contributed by atoms with E-state index in [-0.39, 0.29) is 17.7 Å². The second-order valence-electron chi connectivity index (χ2n) is 6.80. The molecule has 1 amide bonds. The van der Waals surface area contributed by atoms with Gasteiger partial charge < -0.3 is 5.32 Å². The van der Waals surface area contributed by atoms with Crippen molar-refractivity contribution in [2.75, 3.05) is 5.75 Å². The number of thioether (sulfide) groups is 1. The Bertz CT molecular complexity index is 898. The third-order valence-electron chi connectivity index (χ3n) is 4.09. The van der Waals surface area contributed by atoms with Crippen molar-refractivity contribution in [3.05, 3.63) is 65.2 Å². The minimum atomic E-state index is -0.0508. The van der Waals surface area contributed by atoms with Crippen molar-refractivity contribution in [3.8, 4) is 5.69 Å². The first-order chi connectivity index (χ1) is 13.5. The molecule has 0 spiro atoms. The zero-order valence-electron chi connectivity index (χ0n) is 15.7. The number of aromatic nitrogens is 4. The maximum Gasteiger partial charge on any atom is 0.230 e. The van der Waals surface area contributed by atoms with Crippen LogP contribution in [-0.2, 0) is 4.79 Å². The van der Waals surface area contributed by atoms with Crippen LogP contribution in [0.25, 0.3) is 5.69 Å². The molecule has 0 aliphatic rings. The van der Waals surface area contributed by atoms with Gasteiger partial charge in [0.2, 0.25) is 11.1 Å². The second-order valence-corrected chi connectivity index (χ2v) is 8.18. The molecule has 0 unspecified atom stereocenters. The van der Waals surface area contributed by atoms with Crippen molar-refractivity contribution >= 4 is 29.3 Å². The van der Waals surface area contributed by atoms with E-state index in [9.17, 15) is 4.79 Å². The maximum absolute atomic E-state index is 12.6. The summed E-state index contributed by atoms with van der Waals surface area (Å²) in [5.41, 5.74) is 1.90.